The van der Waals surface area contributed by atoms with Crippen LogP contribution in [-0.4, -0.2) is 13.1 Å². The van der Waals surface area contributed by atoms with Gasteiger partial charge in [0.05, 0.1) is 12.8 Å². The number of esters is 1. The van der Waals surface area contributed by atoms with Crippen LogP contribution in [-0.2, 0) is 17.8 Å². The molecule has 0 aliphatic carbocycles. The largest absolute Gasteiger partial charge is 0.465 e. The Morgan fingerprint density at radius 3 is 2.52 bits per heavy atom. The molecule has 2 aromatic rings. The average Bonchev–Trinajstić information content (AvgIpc) is 3.07. The molecule has 21 heavy (non-hydrogen) atoms. The van der Waals surface area contributed by atoms with E-state index in [1.807, 2.05) is 18.2 Å². The van der Waals surface area contributed by atoms with Gasteiger partial charge in [0, 0.05) is 13.1 Å². The molecule has 6 heteroatoms. The highest BCUT2D eigenvalue weighted by Crippen LogP contribution is 2.41. The van der Waals surface area contributed by atoms with Crippen LogP contribution in [0.15, 0.2) is 24.3 Å². The number of nitrogen functional groups attached to an aromatic ring is 1. The number of ether oxygens (including phenoxy) is 1. The number of carbonyl (C=O) groups excluding carboxylic acids is 1. The predicted octanol–water partition coefficient (Wildman–Crippen LogP) is 2.51. The Balaban J connectivity index is 2.05. The lowest BCUT2D eigenvalue weighted by atomic mass is 10.1. The second kappa shape index (κ2) is 5.11. The van der Waals surface area contributed by atoms with Gasteiger partial charge in [-0.1, -0.05) is 24.3 Å². The fourth-order valence-corrected chi connectivity index (χ4v) is 3.52. The van der Waals surface area contributed by atoms with Crippen molar-refractivity contribution in [2.75, 3.05) is 17.7 Å². The normalized spacial score (nSPS) is 12.9. The van der Waals surface area contributed by atoms with Crippen molar-refractivity contribution in [3.05, 3.63) is 45.8 Å². The molecule has 0 atom stereocenters. The van der Waals surface area contributed by atoms with E-state index in [2.05, 4.69) is 17.0 Å². The van der Waals surface area contributed by atoms with Gasteiger partial charge in [-0.2, -0.15) is 5.26 Å². The summed E-state index contributed by atoms with van der Waals surface area (Å²) in [5.41, 5.74) is 8.87. The van der Waals surface area contributed by atoms with Gasteiger partial charge in [-0.05, 0) is 11.1 Å². The van der Waals surface area contributed by atoms with Crippen LogP contribution in [0.2, 0.25) is 0 Å². The molecule has 0 saturated carbocycles. The molecular formula is C15H13N3O2S. The van der Waals surface area contributed by atoms with Crippen molar-refractivity contribution in [1.29, 1.82) is 5.26 Å². The number of hydrogen-bond acceptors (Lipinski definition) is 6. The number of methoxy groups -OCH3 is 1. The van der Waals surface area contributed by atoms with Gasteiger partial charge >= 0.3 is 5.97 Å². The van der Waals surface area contributed by atoms with Crippen molar-refractivity contribution < 1.29 is 9.53 Å². The van der Waals surface area contributed by atoms with E-state index in [9.17, 15) is 4.79 Å². The zero-order valence-electron chi connectivity index (χ0n) is 11.4. The van der Waals surface area contributed by atoms with E-state index in [0.29, 0.717) is 28.5 Å². The quantitative estimate of drug-likeness (QED) is 0.862. The Hall–Kier alpha value is -2.52. The third-order valence-electron chi connectivity index (χ3n) is 3.55. The number of nitrogens with zero attached hydrogens (tertiary/aromatic N) is 2. The highest BCUT2D eigenvalue weighted by molar-refractivity contribution is 7.17. The van der Waals surface area contributed by atoms with Crippen LogP contribution in [0.1, 0.15) is 26.4 Å². The predicted molar refractivity (Wildman–Crippen MR) is 81.1 cm³/mol. The smallest absolute Gasteiger partial charge is 0.343 e. The van der Waals surface area contributed by atoms with E-state index in [1.54, 1.807) is 0 Å². The summed E-state index contributed by atoms with van der Waals surface area (Å²) < 4.78 is 4.80. The average molecular weight is 299 g/mol. The first-order valence-electron chi connectivity index (χ1n) is 6.38. The first-order chi connectivity index (χ1) is 10.2. The zero-order chi connectivity index (χ0) is 15.0. The lowest BCUT2D eigenvalue weighted by molar-refractivity contribution is 0.0603. The van der Waals surface area contributed by atoms with E-state index in [-0.39, 0.29) is 5.69 Å². The zero-order valence-corrected chi connectivity index (χ0v) is 12.2. The van der Waals surface area contributed by atoms with E-state index >= 15 is 0 Å². The molecule has 0 spiro atoms. The van der Waals surface area contributed by atoms with E-state index < -0.39 is 5.97 Å². The van der Waals surface area contributed by atoms with Crippen molar-refractivity contribution in [3.63, 3.8) is 0 Å². The highest BCUT2D eigenvalue weighted by atomic mass is 32.1. The molecule has 5 nitrogen and oxygen atoms in total. The maximum absolute atomic E-state index is 12.0. The molecule has 1 aromatic heterocycles. The molecule has 106 valence electrons. The summed E-state index contributed by atoms with van der Waals surface area (Å²) in [4.78, 5) is 14.4. The van der Waals surface area contributed by atoms with Gasteiger partial charge in [-0.25, -0.2) is 4.79 Å². The molecule has 2 heterocycles. The number of fused-ring (bicyclic) bond motifs is 1. The molecule has 0 amide bonds. The number of hydrogen-bond donors (Lipinski definition) is 1. The van der Waals surface area contributed by atoms with Gasteiger partial charge in [0.1, 0.15) is 21.5 Å². The Morgan fingerprint density at radius 2 is 2.00 bits per heavy atom. The molecule has 0 saturated heterocycles. The molecule has 1 aliphatic rings. The molecule has 1 aromatic carbocycles. The number of nitriles is 1. The summed E-state index contributed by atoms with van der Waals surface area (Å²) >= 11 is 1.24. The minimum absolute atomic E-state index is 0.209. The minimum atomic E-state index is -0.504. The molecule has 0 bridgehead atoms. The topological polar surface area (TPSA) is 79.3 Å². The van der Waals surface area contributed by atoms with Crippen molar-refractivity contribution in [1.82, 2.24) is 0 Å². The van der Waals surface area contributed by atoms with E-state index in [4.69, 9.17) is 15.7 Å². The lowest BCUT2D eigenvalue weighted by Gasteiger charge is -2.17. The Kier molecular flexibility index (Phi) is 3.28. The Labute approximate surface area is 126 Å². The van der Waals surface area contributed by atoms with Crippen LogP contribution in [0, 0.1) is 11.3 Å². The number of benzene rings is 1. The summed E-state index contributed by atoms with van der Waals surface area (Å²) in [5.74, 6) is -0.504. The van der Waals surface area contributed by atoms with Gasteiger partial charge in [0.25, 0.3) is 0 Å². The van der Waals surface area contributed by atoms with Gasteiger partial charge < -0.3 is 15.4 Å². The molecule has 0 unspecified atom stereocenters. The van der Waals surface area contributed by atoms with Crippen LogP contribution in [0.5, 0.6) is 0 Å². The van der Waals surface area contributed by atoms with Crippen LogP contribution in [0.4, 0.5) is 10.7 Å². The van der Waals surface area contributed by atoms with Crippen LogP contribution in [0.25, 0.3) is 0 Å². The molecule has 3 rings (SSSR count). The fraction of sp³-hybridized carbons (Fsp3) is 0.200. The van der Waals surface area contributed by atoms with Crippen molar-refractivity contribution in [2.45, 2.75) is 13.1 Å². The van der Waals surface area contributed by atoms with Gasteiger partial charge in [-0.3, -0.25) is 0 Å². The standard InChI is InChI=1S/C15H13N3O2S/c1-20-15(19)12-13(17)11(6-16)21-14(12)18-7-9-4-2-3-5-10(9)8-18/h2-5H,7-8,17H2,1H3. The van der Waals surface area contributed by atoms with Gasteiger partial charge in [0.15, 0.2) is 0 Å². The Bertz CT molecular complexity index is 736. The highest BCUT2D eigenvalue weighted by Gasteiger charge is 2.29. The molecule has 2 N–H and O–H groups in total. The summed E-state index contributed by atoms with van der Waals surface area (Å²) in [7, 11) is 1.31. The Morgan fingerprint density at radius 1 is 1.38 bits per heavy atom. The maximum Gasteiger partial charge on any atom is 0.343 e. The lowest BCUT2D eigenvalue weighted by Crippen LogP contribution is -2.17. The number of rotatable bonds is 2. The monoisotopic (exact) mass is 299 g/mol. The summed E-state index contributed by atoms with van der Waals surface area (Å²) in [6.07, 6.45) is 0. The second-order valence-corrected chi connectivity index (χ2v) is 5.75. The van der Waals surface area contributed by atoms with Crippen molar-refractivity contribution in [2.24, 2.45) is 0 Å². The van der Waals surface area contributed by atoms with Gasteiger partial charge in [-0.15, -0.1) is 11.3 Å². The number of carbonyl (C=O) groups is 1. The fourth-order valence-electron chi connectivity index (χ4n) is 2.51. The number of nitrogens with two attached hydrogens (primary N) is 1. The molecule has 0 radical (unpaired) electrons. The molecule has 0 fully saturated rings. The van der Waals surface area contributed by atoms with Crippen LogP contribution >= 0.6 is 11.3 Å². The second-order valence-electron chi connectivity index (χ2n) is 4.75. The van der Waals surface area contributed by atoms with Crippen molar-refractivity contribution >= 4 is 28.0 Å². The maximum atomic E-state index is 12.0. The summed E-state index contributed by atoms with van der Waals surface area (Å²) in [5, 5.41) is 9.84. The van der Waals surface area contributed by atoms with Crippen LogP contribution in [0.3, 0.4) is 0 Å². The first kappa shape index (κ1) is 13.5. The van der Waals surface area contributed by atoms with Crippen LogP contribution < -0.4 is 10.6 Å². The molecule has 1 aliphatic heterocycles. The first-order valence-corrected chi connectivity index (χ1v) is 7.19. The minimum Gasteiger partial charge on any atom is -0.465 e. The third-order valence-corrected chi connectivity index (χ3v) is 4.72. The van der Waals surface area contributed by atoms with Gasteiger partial charge in [0.2, 0.25) is 0 Å². The molecular weight excluding hydrogens is 286 g/mol. The summed E-state index contributed by atoms with van der Waals surface area (Å²) in [6, 6.07) is 10.2. The van der Waals surface area contributed by atoms with E-state index in [0.717, 1.165) is 0 Å². The summed E-state index contributed by atoms with van der Waals surface area (Å²) in [6.45, 7) is 1.40. The number of thiophene rings is 1. The number of anilines is 2. The van der Waals surface area contributed by atoms with E-state index in [1.165, 1.54) is 29.6 Å². The third kappa shape index (κ3) is 2.12. The van der Waals surface area contributed by atoms with Crippen molar-refractivity contribution in [3.8, 4) is 6.07 Å². The SMILES string of the molecule is COC(=O)c1c(N2Cc3ccccc3C2)sc(C#N)c1N.